The summed E-state index contributed by atoms with van der Waals surface area (Å²) in [6, 6.07) is 9.51. The van der Waals surface area contributed by atoms with Gasteiger partial charge in [-0.1, -0.05) is 6.07 Å². The molecule has 2 rings (SSSR count). The van der Waals surface area contributed by atoms with Crippen LogP contribution in [0.15, 0.2) is 41.3 Å². The minimum absolute atomic E-state index is 0. The van der Waals surface area contributed by atoms with Crippen LogP contribution in [-0.4, -0.2) is 41.6 Å². The van der Waals surface area contributed by atoms with Crippen LogP contribution in [0.2, 0.25) is 0 Å². The zero-order chi connectivity index (χ0) is 20.0. The molecule has 154 valence electrons. The van der Waals surface area contributed by atoms with Crippen molar-refractivity contribution < 1.29 is 17.9 Å². The number of nitrogens with two attached hydrogens (primary N) is 1. The molecule has 0 aliphatic carbocycles. The van der Waals surface area contributed by atoms with Crippen LogP contribution in [0.4, 0.5) is 17.1 Å². The predicted octanol–water partition coefficient (Wildman–Crippen LogP) is 2.22. The number of anilines is 3. The highest BCUT2D eigenvalue weighted by atomic mass is 35.5. The van der Waals surface area contributed by atoms with Gasteiger partial charge in [-0.2, -0.15) is 0 Å². The number of nitrogens with one attached hydrogen (secondary N) is 3. The standard InChI is InChI=1S/C18H24N4O4S.ClH/c1-12-4-5-13(19)10-15(12)18(23)22-17-11-14(27(24,25)20-2)6-7-16(17)21-8-9-26-3;/h4-7,10-11,20-21H,8-9,19H2,1-3H3,(H,22,23);1H. The predicted molar refractivity (Wildman–Crippen MR) is 114 cm³/mol. The summed E-state index contributed by atoms with van der Waals surface area (Å²) in [6.45, 7) is 2.75. The monoisotopic (exact) mass is 428 g/mol. The van der Waals surface area contributed by atoms with E-state index < -0.39 is 10.0 Å². The Morgan fingerprint density at radius 3 is 2.50 bits per heavy atom. The Kier molecular flexibility index (Phi) is 8.70. The van der Waals surface area contributed by atoms with Crippen LogP contribution in [0.5, 0.6) is 0 Å². The van der Waals surface area contributed by atoms with Crippen molar-refractivity contribution in [1.82, 2.24) is 4.72 Å². The first-order valence-electron chi connectivity index (χ1n) is 8.26. The van der Waals surface area contributed by atoms with Crippen molar-refractivity contribution >= 4 is 45.4 Å². The lowest BCUT2D eigenvalue weighted by Gasteiger charge is -2.15. The molecule has 0 fully saturated rings. The topological polar surface area (TPSA) is 123 Å². The van der Waals surface area contributed by atoms with E-state index in [0.717, 1.165) is 5.56 Å². The maximum Gasteiger partial charge on any atom is 0.256 e. The molecule has 8 nitrogen and oxygen atoms in total. The van der Waals surface area contributed by atoms with Gasteiger partial charge in [-0.15, -0.1) is 12.4 Å². The van der Waals surface area contributed by atoms with Crippen molar-refractivity contribution in [3.05, 3.63) is 47.5 Å². The van der Waals surface area contributed by atoms with Crippen molar-refractivity contribution in [2.24, 2.45) is 0 Å². The van der Waals surface area contributed by atoms with Crippen LogP contribution >= 0.6 is 12.4 Å². The molecule has 0 aliphatic rings. The van der Waals surface area contributed by atoms with Crippen molar-refractivity contribution in [2.45, 2.75) is 11.8 Å². The summed E-state index contributed by atoms with van der Waals surface area (Å²) in [4.78, 5) is 12.8. The number of benzene rings is 2. The highest BCUT2D eigenvalue weighted by molar-refractivity contribution is 7.89. The van der Waals surface area contributed by atoms with Crippen molar-refractivity contribution in [3.63, 3.8) is 0 Å². The molecule has 5 N–H and O–H groups in total. The highest BCUT2D eigenvalue weighted by Crippen LogP contribution is 2.26. The van der Waals surface area contributed by atoms with Crippen LogP contribution < -0.4 is 21.1 Å². The lowest BCUT2D eigenvalue weighted by Crippen LogP contribution is -2.20. The molecule has 0 aliphatic heterocycles. The van der Waals surface area contributed by atoms with Crippen LogP contribution in [0.25, 0.3) is 0 Å². The van der Waals surface area contributed by atoms with Crippen LogP contribution in [0, 0.1) is 6.92 Å². The van der Waals surface area contributed by atoms with Gasteiger partial charge in [0.2, 0.25) is 10.0 Å². The zero-order valence-corrected chi connectivity index (χ0v) is 17.5. The fraction of sp³-hybridized carbons (Fsp3) is 0.278. The molecule has 0 heterocycles. The number of hydrogen-bond donors (Lipinski definition) is 4. The Bertz CT molecular complexity index is 935. The fourth-order valence-corrected chi connectivity index (χ4v) is 3.18. The molecular formula is C18H25ClN4O4S. The quantitative estimate of drug-likeness (QED) is 0.377. The van der Waals surface area contributed by atoms with Gasteiger partial charge >= 0.3 is 0 Å². The molecule has 2 aromatic carbocycles. The molecule has 0 saturated carbocycles. The SMILES string of the molecule is CNS(=O)(=O)c1ccc(NCCOC)c(NC(=O)c2cc(N)ccc2C)c1.Cl. The third-order valence-corrected chi connectivity index (χ3v) is 5.36. The molecule has 0 radical (unpaired) electrons. The number of sulfonamides is 1. The molecule has 10 heteroatoms. The summed E-state index contributed by atoms with van der Waals surface area (Å²) in [5, 5.41) is 5.88. The van der Waals surface area contributed by atoms with E-state index in [1.54, 1.807) is 38.3 Å². The number of halogens is 1. The molecule has 0 atom stereocenters. The van der Waals surface area contributed by atoms with E-state index in [1.807, 2.05) is 0 Å². The second kappa shape index (κ2) is 10.3. The van der Waals surface area contributed by atoms with E-state index in [9.17, 15) is 13.2 Å². The number of hydrogen-bond acceptors (Lipinski definition) is 6. The molecule has 2 aromatic rings. The third-order valence-electron chi connectivity index (χ3n) is 3.95. The summed E-state index contributed by atoms with van der Waals surface area (Å²) >= 11 is 0. The summed E-state index contributed by atoms with van der Waals surface area (Å²) in [7, 11) is -0.745. The molecule has 0 spiro atoms. The Hall–Kier alpha value is -2.33. The summed E-state index contributed by atoms with van der Waals surface area (Å²) < 4.78 is 31.5. The van der Waals surface area contributed by atoms with E-state index in [4.69, 9.17) is 10.5 Å². The second-order valence-corrected chi connectivity index (χ2v) is 7.75. The van der Waals surface area contributed by atoms with Crippen LogP contribution in [0.1, 0.15) is 15.9 Å². The minimum atomic E-state index is -3.65. The van der Waals surface area contributed by atoms with Crippen molar-refractivity contribution in [1.29, 1.82) is 0 Å². The third kappa shape index (κ3) is 5.83. The molecule has 0 aromatic heterocycles. The smallest absolute Gasteiger partial charge is 0.256 e. The average Bonchev–Trinajstić information content (AvgIpc) is 2.64. The van der Waals surface area contributed by atoms with E-state index in [2.05, 4.69) is 15.4 Å². The van der Waals surface area contributed by atoms with Gasteiger partial charge in [0.1, 0.15) is 0 Å². The van der Waals surface area contributed by atoms with Gasteiger partial charge in [0.25, 0.3) is 5.91 Å². The number of nitrogen functional groups attached to an aromatic ring is 1. The van der Waals surface area contributed by atoms with Crippen LogP contribution in [-0.2, 0) is 14.8 Å². The Morgan fingerprint density at radius 2 is 1.86 bits per heavy atom. The molecule has 28 heavy (non-hydrogen) atoms. The van der Waals surface area contributed by atoms with Gasteiger partial charge in [0.15, 0.2) is 0 Å². The number of aryl methyl sites for hydroxylation is 1. The van der Waals surface area contributed by atoms with E-state index in [1.165, 1.54) is 19.2 Å². The van der Waals surface area contributed by atoms with E-state index in [0.29, 0.717) is 35.8 Å². The van der Waals surface area contributed by atoms with E-state index in [-0.39, 0.29) is 23.2 Å². The minimum Gasteiger partial charge on any atom is -0.399 e. The van der Waals surface area contributed by atoms with Gasteiger partial charge in [-0.05, 0) is 49.9 Å². The largest absolute Gasteiger partial charge is 0.399 e. The molecule has 0 unspecified atom stereocenters. The van der Waals surface area contributed by atoms with Gasteiger partial charge in [-0.3, -0.25) is 4.79 Å². The molecule has 1 amide bonds. The number of carbonyl (C=O) groups is 1. The van der Waals surface area contributed by atoms with Crippen molar-refractivity contribution in [2.75, 3.05) is 43.7 Å². The number of carbonyl (C=O) groups excluding carboxylic acids is 1. The van der Waals surface area contributed by atoms with E-state index >= 15 is 0 Å². The summed E-state index contributed by atoms with van der Waals surface area (Å²) in [5.41, 5.74) is 8.34. The van der Waals surface area contributed by atoms with Crippen LogP contribution in [0.3, 0.4) is 0 Å². The Balaban J connectivity index is 0.00000392. The highest BCUT2D eigenvalue weighted by Gasteiger charge is 2.17. The first kappa shape index (κ1) is 23.7. The van der Waals surface area contributed by atoms with Gasteiger partial charge in [-0.25, -0.2) is 13.1 Å². The maximum atomic E-state index is 12.7. The zero-order valence-electron chi connectivity index (χ0n) is 15.9. The molecule has 0 bridgehead atoms. The lowest BCUT2D eigenvalue weighted by atomic mass is 10.1. The first-order chi connectivity index (χ1) is 12.8. The maximum absolute atomic E-state index is 12.7. The summed E-state index contributed by atoms with van der Waals surface area (Å²) in [6.07, 6.45) is 0. The number of amides is 1. The lowest BCUT2D eigenvalue weighted by molar-refractivity contribution is 0.102. The summed E-state index contributed by atoms with van der Waals surface area (Å²) in [5.74, 6) is -0.381. The Morgan fingerprint density at radius 1 is 1.14 bits per heavy atom. The normalized spacial score (nSPS) is 10.8. The van der Waals surface area contributed by atoms with Gasteiger partial charge in [0.05, 0.1) is 22.9 Å². The average molecular weight is 429 g/mol. The Labute approximate surface area is 171 Å². The van der Waals surface area contributed by atoms with Gasteiger partial charge in [0, 0.05) is 24.9 Å². The first-order valence-corrected chi connectivity index (χ1v) is 9.74. The van der Waals surface area contributed by atoms with Gasteiger partial charge < -0.3 is 21.1 Å². The second-order valence-electron chi connectivity index (χ2n) is 5.86. The number of rotatable bonds is 8. The number of ether oxygens (including phenoxy) is 1. The molecular weight excluding hydrogens is 404 g/mol. The van der Waals surface area contributed by atoms with Crippen molar-refractivity contribution in [3.8, 4) is 0 Å². The number of methoxy groups -OCH3 is 1. The molecule has 0 saturated heterocycles. The fourth-order valence-electron chi connectivity index (χ4n) is 2.43.